The predicted octanol–water partition coefficient (Wildman–Crippen LogP) is 1.14. The molecule has 0 atom stereocenters. The molecule has 0 spiro atoms. The fourth-order valence-corrected chi connectivity index (χ4v) is 1.99. The molecular weight excluding hydrogens is 204 g/mol. The maximum Gasteiger partial charge on any atom is 0.217 e. The molecule has 1 heterocycles. The molecule has 16 heavy (non-hydrogen) atoms. The summed E-state index contributed by atoms with van der Waals surface area (Å²) in [5.74, 6) is -0.173. The van der Waals surface area contributed by atoms with Gasteiger partial charge in [-0.15, -0.1) is 0 Å². The minimum absolute atomic E-state index is 0.173. The van der Waals surface area contributed by atoms with Crippen LogP contribution in [0.25, 0.3) is 0 Å². The lowest BCUT2D eigenvalue weighted by molar-refractivity contribution is -0.118. The summed E-state index contributed by atoms with van der Waals surface area (Å²) in [6, 6.07) is 0. The average molecular weight is 228 g/mol. The zero-order valence-corrected chi connectivity index (χ0v) is 10.1. The maximum absolute atomic E-state index is 10.5. The fourth-order valence-electron chi connectivity index (χ4n) is 1.99. The van der Waals surface area contributed by atoms with E-state index in [0.717, 1.165) is 39.1 Å². The molecule has 1 aliphatic rings. The van der Waals surface area contributed by atoms with Gasteiger partial charge < -0.3 is 10.5 Å². The van der Waals surface area contributed by atoms with Gasteiger partial charge in [0, 0.05) is 19.5 Å². The minimum Gasteiger partial charge on any atom is -0.379 e. The molecule has 0 unspecified atom stereocenters. The molecule has 0 saturated carbocycles. The highest BCUT2D eigenvalue weighted by Crippen LogP contribution is 2.07. The standard InChI is InChI=1S/C12H24N2O2/c13-12(15)6-4-2-1-3-5-7-14-8-10-16-11-9-14/h1-11H2,(H2,13,15). The number of rotatable bonds is 8. The number of ether oxygens (including phenoxy) is 1. The van der Waals surface area contributed by atoms with Gasteiger partial charge >= 0.3 is 0 Å². The first kappa shape index (κ1) is 13.5. The van der Waals surface area contributed by atoms with E-state index in [9.17, 15) is 4.79 Å². The SMILES string of the molecule is NC(=O)CCCCCCCN1CCOCC1. The maximum atomic E-state index is 10.5. The molecule has 4 heteroatoms. The smallest absolute Gasteiger partial charge is 0.217 e. The summed E-state index contributed by atoms with van der Waals surface area (Å²) in [5, 5.41) is 0. The molecule has 1 aliphatic heterocycles. The molecule has 2 N–H and O–H groups in total. The topological polar surface area (TPSA) is 55.6 Å². The van der Waals surface area contributed by atoms with Crippen molar-refractivity contribution < 1.29 is 9.53 Å². The first-order valence-electron chi connectivity index (χ1n) is 6.37. The molecule has 1 fully saturated rings. The molecule has 1 amide bonds. The van der Waals surface area contributed by atoms with E-state index >= 15 is 0 Å². The second-order valence-electron chi connectivity index (χ2n) is 4.44. The third kappa shape index (κ3) is 6.80. The molecule has 0 aromatic carbocycles. The molecule has 4 nitrogen and oxygen atoms in total. The lowest BCUT2D eigenvalue weighted by Crippen LogP contribution is -2.36. The molecule has 0 aromatic rings. The molecule has 0 bridgehead atoms. The van der Waals surface area contributed by atoms with Gasteiger partial charge in [0.05, 0.1) is 13.2 Å². The number of carbonyl (C=O) groups is 1. The number of nitrogens with two attached hydrogens (primary N) is 1. The summed E-state index contributed by atoms with van der Waals surface area (Å²) in [6.07, 6.45) is 6.37. The Morgan fingerprint density at radius 3 is 2.38 bits per heavy atom. The molecular formula is C12H24N2O2. The van der Waals surface area contributed by atoms with Crippen molar-refractivity contribution in [2.24, 2.45) is 5.73 Å². The van der Waals surface area contributed by atoms with Gasteiger partial charge in [0.15, 0.2) is 0 Å². The van der Waals surface area contributed by atoms with Crippen LogP contribution in [0.15, 0.2) is 0 Å². The highest BCUT2D eigenvalue weighted by atomic mass is 16.5. The highest BCUT2D eigenvalue weighted by Gasteiger charge is 2.08. The lowest BCUT2D eigenvalue weighted by Gasteiger charge is -2.26. The Kier molecular flexibility index (Phi) is 7.17. The van der Waals surface area contributed by atoms with E-state index in [1.807, 2.05) is 0 Å². The molecule has 1 saturated heterocycles. The minimum atomic E-state index is -0.173. The molecule has 0 radical (unpaired) electrons. The number of carbonyl (C=O) groups excluding carboxylic acids is 1. The Bertz CT molecular complexity index is 191. The van der Waals surface area contributed by atoms with Gasteiger partial charge in [-0.1, -0.05) is 19.3 Å². The summed E-state index contributed by atoms with van der Waals surface area (Å²) in [6.45, 7) is 5.14. The van der Waals surface area contributed by atoms with Crippen LogP contribution < -0.4 is 5.73 Å². The zero-order valence-electron chi connectivity index (χ0n) is 10.1. The number of hydrogen-bond donors (Lipinski definition) is 1. The first-order valence-corrected chi connectivity index (χ1v) is 6.37. The van der Waals surface area contributed by atoms with Crippen LogP contribution >= 0.6 is 0 Å². The third-order valence-electron chi connectivity index (χ3n) is 3.00. The second-order valence-corrected chi connectivity index (χ2v) is 4.44. The van der Waals surface area contributed by atoms with Crippen LogP contribution in [0.5, 0.6) is 0 Å². The van der Waals surface area contributed by atoms with Gasteiger partial charge in [-0.2, -0.15) is 0 Å². The van der Waals surface area contributed by atoms with Gasteiger partial charge in [-0.05, 0) is 19.4 Å². The summed E-state index contributed by atoms with van der Waals surface area (Å²) >= 11 is 0. The van der Waals surface area contributed by atoms with Crippen LogP contribution in [-0.4, -0.2) is 43.7 Å². The van der Waals surface area contributed by atoms with E-state index in [1.54, 1.807) is 0 Å². The van der Waals surface area contributed by atoms with Gasteiger partial charge in [-0.25, -0.2) is 0 Å². The van der Waals surface area contributed by atoms with Crippen molar-refractivity contribution in [1.29, 1.82) is 0 Å². The summed E-state index contributed by atoms with van der Waals surface area (Å²) in [7, 11) is 0. The van der Waals surface area contributed by atoms with Gasteiger partial charge in [0.25, 0.3) is 0 Å². The third-order valence-corrected chi connectivity index (χ3v) is 3.00. The molecule has 1 rings (SSSR count). The molecule has 94 valence electrons. The van der Waals surface area contributed by atoms with Crippen molar-refractivity contribution in [3.8, 4) is 0 Å². The van der Waals surface area contributed by atoms with E-state index in [0.29, 0.717) is 6.42 Å². The summed E-state index contributed by atoms with van der Waals surface area (Å²) < 4.78 is 5.30. The number of amides is 1. The quantitative estimate of drug-likeness (QED) is 0.634. The monoisotopic (exact) mass is 228 g/mol. The Morgan fingerprint density at radius 2 is 1.69 bits per heavy atom. The average Bonchev–Trinajstić information content (AvgIpc) is 2.29. The van der Waals surface area contributed by atoms with Crippen LogP contribution in [-0.2, 0) is 9.53 Å². The molecule has 0 aliphatic carbocycles. The largest absolute Gasteiger partial charge is 0.379 e. The normalized spacial score (nSPS) is 17.5. The van der Waals surface area contributed by atoms with Crippen molar-refractivity contribution in [3.05, 3.63) is 0 Å². The van der Waals surface area contributed by atoms with Crippen molar-refractivity contribution in [3.63, 3.8) is 0 Å². The van der Waals surface area contributed by atoms with Crippen LogP contribution in [0.1, 0.15) is 38.5 Å². The van der Waals surface area contributed by atoms with E-state index in [4.69, 9.17) is 10.5 Å². The van der Waals surface area contributed by atoms with Crippen LogP contribution in [0.3, 0.4) is 0 Å². The number of primary amides is 1. The zero-order chi connectivity index (χ0) is 11.6. The van der Waals surface area contributed by atoms with Crippen molar-refractivity contribution in [2.75, 3.05) is 32.8 Å². The number of unbranched alkanes of at least 4 members (excludes halogenated alkanes) is 4. The van der Waals surface area contributed by atoms with Gasteiger partial charge in [0.1, 0.15) is 0 Å². The van der Waals surface area contributed by atoms with Gasteiger partial charge in [-0.3, -0.25) is 9.69 Å². The Balaban J connectivity index is 1.82. The van der Waals surface area contributed by atoms with Crippen molar-refractivity contribution in [2.45, 2.75) is 38.5 Å². The highest BCUT2D eigenvalue weighted by molar-refractivity contribution is 5.73. The summed E-state index contributed by atoms with van der Waals surface area (Å²) in [4.78, 5) is 13.0. The molecule has 0 aromatic heterocycles. The summed E-state index contributed by atoms with van der Waals surface area (Å²) in [5.41, 5.74) is 5.07. The van der Waals surface area contributed by atoms with E-state index < -0.39 is 0 Å². The predicted molar refractivity (Wildman–Crippen MR) is 64.2 cm³/mol. The van der Waals surface area contributed by atoms with Crippen LogP contribution in [0, 0.1) is 0 Å². The van der Waals surface area contributed by atoms with E-state index in [1.165, 1.54) is 25.8 Å². The second kappa shape index (κ2) is 8.53. The van der Waals surface area contributed by atoms with Crippen molar-refractivity contribution in [1.82, 2.24) is 4.90 Å². The van der Waals surface area contributed by atoms with E-state index in [-0.39, 0.29) is 5.91 Å². The number of morpholine rings is 1. The lowest BCUT2D eigenvalue weighted by atomic mass is 10.1. The van der Waals surface area contributed by atoms with E-state index in [2.05, 4.69) is 4.90 Å². The number of hydrogen-bond acceptors (Lipinski definition) is 3. The Morgan fingerprint density at radius 1 is 1.06 bits per heavy atom. The first-order chi connectivity index (χ1) is 7.79. The van der Waals surface area contributed by atoms with Crippen LogP contribution in [0.2, 0.25) is 0 Å². The number of nitrogens with zero attached hydrogens (tertiary/aromatic N) is 1. The fraction of sp³-hybridized carbons (Fsp3) is 0.917. The van der Waals surface area contributed by atoms with Crippen LogP contribution in [0.4, 0.5) is 0 Å². The van der Waals surface area contributed by atoms with Gasteiger partial charge in [0.2, 0.25) is 5.91 Å². The Hall–Kier alpha value is -0.610. The van der Waals surface area contributed by atoms with Crippen molar-refractivity contribution >= 4 is 5.91 Å². The Labute approximate surface area is 98.1 Å².